The number of imide groups is 1. The Hall–Kier alpha value is -3.12. The third-order valence-electron chi connectivity index (χ3n) is 4.70. The van der Waals surface area contributed by atoms with Crippen molar-refractivity contribution in [1.29, 1.82) is 0 Å². The lowest BCUT2D eigenvalue weighted by molar-refractivity contribution is -0.117. The van der Waals surface area contributed by atoms with Crippen molar-refractivity contribution in [2.45, 2.75) is 33.1 Å². The molecule has 1 heterocycles. The fourth-order valence-corrected chi connectivity index (χ4v) is 3.80. The summed E-state index contributed by atoms with van der Waals surface area (Å²) in [6.07, 6.45) is 7.74. The van der Waals surface area contributed by atoms with E-state index >= 15 is 0 Å². The van der Waals surface area contributed by atoms with Crippen molar-refractivity contribution in [3.63, 3.8) is 0 Å². The molecule has 150 valence electrons. The van der Waals surface area contributed by atoms with E-state index in [-0.39, 0.29) is 5.78 Å². The molecule has 0 fully saturated rings. The molecule has 2 aromatic rings. The second-order valence-electron chi connectivity index (χ2n) is 6.79. The number of urea groups is 1. The van der Waals surface area contributed by atoms with Crippen LogP contribution < -0.4 is 21.2 Å². The van der Waals surface area contributed by atoms with Gasteiger partial charge in [-0.25, -0.2) is 4.79 Å². The average molecular weight is 412 g/mol. The zero-order valence-electron chi connectivity index (χ0n) is 16.3. The second-order valence-corrected chi connectivity index (χ2v) is 7.20. The van der Waals surface area contributed by atoms with Crippen LogP contribution >= 0.6 is 11.6 Å². The summed E-state index contributed by atoms with van der Waals surface area (Å²) < 4.78 is 1.92. The minimum Gasteiger partial charge on any atom is -0.312 e. The summed E-state index contributed by atoms with van der Waals surface area (Å²) in [6, 6.07) is 4.42. The molecule has 1 aliphatic rings. The number of aromatic nitrogens is 1. The molecule has 6 nitrogen and oxygen atoms in total. The van der Waals surface area contributed by atoms with Gasteiger partial charge in [-0.2, -0.15) is 0 Å². The summed E-state index contributed by atoms with van der Waals surface area (Å²) in [7, 11) is 0. The fourth-order valence-electron chi connectivity index (χ4n) is 3.54. The molecular formula is C22H22ClN3O3. The van der Waals surface area contributed by atoms with Crippen molar-refractivity contribution in [1.82, 2.24) is 9.88 Å². The molecule has 29 heavy (non-hydrogen) atoms. The van der Waals surface area contributed by atoms with Gasteiger partial charge in [-0.3, -0.25) is 14.9 Å². The Kier molecular flexibility index (Phi) is 6.03. The number of anilines is 1. The van der Waals surface area contributed by atoms with Gasteiger partial charge in [-0.1, -0.05) is 36.4 Å². The largest absolute Gasteiger partial charge is 0.325 e. The molecule has 0 radical (unpaired) electrons. The predicted octanol–water partition coefficient (Wildman–Crippen LogP) is 3.08. The molecule has 1 aromatic carbocycles. The maximum Gasteiger partial charge on any atom is 0.325 e. The van der Waals surface area contributed by atoms with Gasteiger partial charge >= 0.3 is 6.03 Å². The molecule has 0 aliphatic heterocycles. The minimum absolute atomic E-state index is 0.112. The van der Waals surface area contributed by atoms with Crippen LogP contribution in [0.25, 0.3) is 18.3 Å². The fraction of sp³-hybridized carbons (Fsp3) is 0.227. The van der Waals surface area contributed by atoms with Crippen LogP contribution in [0.3, 0.4) is 0 Å². The number of halogens is 1. The zero-order valence-corrected chi connectivity index (χ0v) is 17.1. The third-order valence-corrected chi connectivity index (χ3v) is 5.00. The number of ketones is 1. The first-order valence-corrected chi connectivity index (χ1v) is 9.68. The maximum absolute atomic E-state index is 12.6. The van der Waals surface area contributed by atoms with Crippen LogP contribution in [0.1, 0.15) is 42.7 Å². The number of benzene rings is 1. The highest BCUT2D eigenvalue weighted by Gasteiger charge is 2.25. The molecule has 0 spiro atoms. The number of allylic oxidation sites excluding steroid dienone is 2. The van der Waals surface area contributed by atoms with E-state index in [9.17, 15) is 14.4 Å². The molecule has 3 rings (SSSR count). The molecule has 1 aromatic heterocycles. The van der Waals surface area contributed by atoms with E-state index in [0.717, 1.165) is 23.8 Å². The summed E-state index contributed by atoms with van der Waals surface area (Å²) in [6.45, 7) is 7.37. The van der Waals surface area contributed by atoms with Crippen molar-refractivity contribution in [2.24, 2.45) is 0 Å². The first-order valence-electron chi connectivity index (χ1n) is 9.30. The van der Waals surface area contributed by atoms with Gasteiger partial charge in [0.25, 0.3) is 0 Å². The van der Waals surface area contributed by atoms with Gasteiger partial charge in [0.05, 0.1) is 10.7 Å². The third kappa shape index (κ3) is 4.17. The lowest BCUT2D eigenvalue weighted by atomic mass is 9.95. The molecule has 0 atom stereocenters. The van der Waals surface area contributed by atoms with Gasteiger partial charge in [0, 0.05) is 40.9 Å². The highest BCUT2D eigenvalue weighted by molar-refractivity contribution is 6.32. The van der Waals surface area contributed by atoms with Crippen LogP contribution in [0.2, 0.25) is 5.02 Å². The van der Waals surface area contributed by atoms with Gasteiger partial charge in [0.15, 0.2) is 5.78 Å². The molecule has 0 unspecified atom stereocenters. The number of Topliss-reactive ketones (excluding diaryl/α,β-unsaturated/α-hetero) is 1. The molecule has 3 amide bonds. The van der Waals surface area contributed by atoms with E-state index in [1.807, 2.05) is 29.7 Å². The van der Waals surface area contributed by atoms with Crippen LogP contribution in [0.5, 0.6) is 0 Å². The monoisotopic (exact) mass is 411 g/mol. The molecule has 0 saturated carbocycles. The highest BCUT2D eigenvalue weighted by atomic mass is 35.5. The quantitative estimate of drug-likeness (QED) is 0.814. The Bertz CT molecular complexity index is 1150. The number of fused-ring (bicyclic) bond motifs is 1. The van der Waals surface area contributed by atoms with Crippen LogP contribution in [-0.2, 0) is 11.2 Å². The smallest absolute Gasteiger partial charge is 0.312 e. The minimum atomic E-state index is -0.633. The van der Waals surface area contributed by atoms with Crippen molar-refractivity contribution in [3.8, 4) is 5.69 Å². The summed E-state index contributed by atoms with van der Waals surface area (Å²) >= 11 is 6.52. The topological polar surface area (TPSA) is 80.2 Å². The Labute approximate surface area is 173 Å². The number of rotatable bonds is 3. The van der Waals surface area contributed by atoms with Crippen molar-refractivity contribution in [2.75, 3.05) is 5.32 Å². The van der Waals surface area contributed by atoms with E-state index in [4.69, 9.17) is 11.6 Å². The summed E-state index contributed by atoms with van der Waals surface area (Å²) in [5.41, 5.74) is 2.73. The van der Waals surface area contributed by atoms with Crippen molar-refractivity contribution in [3.05, 3.63) is 57.2 Å². The van der Waals surface area contributed by atoms with Gasteiger partial charge in [0.1, 0.15) is 0 Å². The molecular weight excluding hydrogens is 390 g/mol. The van der Waals surface area contributed by atoms with Gasteiger partial charge in [0.2, 0.25) is 5.91 Å². The Morgan fingerprint density at radius 2 is 2.03 bits per heavy atom. The lowest BCUT2D eigenvalue weighted by Gasteiger charge is -2.17. The molecule has 0 saturated heterocycles. The Balaban J connectivity index is 2.10. The highest BCUT2D eigenvalue weighted by Crippen LogP contribution is 2.27. The number of carbonyl (C=O) groups is 3. The lowest BCUT2D eigenvalue weighted by Crippen LogP contribution is -2.32. The van der Waals surface area contributed by atoms with Crippen LogP contribution in [0, 0.1) is 0 Å². The van der Waals surface area contributed by atoms with E-state index in [1.54, 1.807) is 18.2 Å². The zero-order chi connectivity index (χ0) is 21.1. The number of carbonyl (C=O) groups excluding carboxylic acids is 3. The Morgan fingerprint density at radius 3 is 2.69 bits per heavy atom. The molecule has 0 bridgehead atoms. The summed E-state index contributed by atoms with van der Waals surface area (Å²) in [5.74, 6) is -0.346. The first-order chi connectivity index (χ1) is 13.8. The normalized spacial score (nSPS) is 14.2. The number of hydrogen-bond donors (Lipinski definition) is 2. The molecule has 2 N–H and O–H groups in total. The van der Waals surface area contributed by atoms with Gasteiger partial charge in [-0.15, -0.1) is 0 Å². The molecule has 1 aliphatic carbocycles. The van der Waals surface area contributed by atoms with Crippen molar-refractivity contribution < 1.29 is 14.4 Å². The van der Waals surface area contributed by atoms with E-state index in [0.29, 0.717) is 33.7 Å². The second kappa shape index (κ2) is 8.49. The van der Waals surface area contributed by atoms with E-state index < -0.39 is 11.9 Å². The number of amides is 3. The first kappa shape index (κ1) is 20.6. The van der Waals surface area contributed by atoms with Crippen LogP contribution in [0.4, 0.5) is 10.5 Å². The summed E-state index contributed by atoms with van der Waals surface area (Å²) in [4.78, 5) is 35.3. The molecule has 7 heteroatoms. The number of nitrogens with zero attached hydrogens (tertiary/aromatic N) is 1. The predicted molar refractivity (Wildman–Crippen MR) is 115 cm³/mol. The summed E-state index contributed by atoms with van der Waals surface area (Å²) in [5, 5.41) is 6.59. The van der Waals surface area contributed by atoms with E-state index in [2.05, 4.69) is 17.2 Å². The van der Waals surface area contributed by atoms with Gasteiger partial charge < -0.3 is 9.88 Å². The van der Waals surface area contributed by atoms with Gasteiger partial charge in [-0.05, 0) is 38.0 Å². The van der Waals surface area contributed by atoms with Crippen molar-refractivity contribution >= 4 is 47.7 Å². The van der Waals surface area contributed by atoms with Crippen LogP contribution in [-0.4, -0.2) is 22.3 Å². The number of nitrogens with one attached hydrogen (secondary N) is 2. The maximum atomic E-state index is 12.6. The number of hydrogen-bond acceptors (Lipinski definition) is 3. The SMILES string of the molecule is C=c1/c(=C\C=C/C)c2c(n1-c1ccc(NC(=O)NC(C)=O)cc1Cl)CCCC2=O. The van der Waals surface area contributed by atoms with E-state index in [1.165, 1.54) is 6.92 Å². The Morgan fingerprint density at radius 1 is 1.28 bits per heavy atom. The standard InChI is InChI=1S/C22H22ClN3O3/c1-4-5-7-16-13(2)26(19-8-6-9-20(28)21(16)19)18-11-10-15(12-17(18)23)25-22(29)24-14(3)27/h4-5,7,10-12H,2,6,8-9H2,1,3H3,(H2,24,25,27,29)/b5-4-,16-7+. The van der Waals surface area contributed by atoms with Crippen LogP contribution in [0.15, 0.2) is 30.4 Å². The average Bonchev–Trinajstić information content (AvgIpc) is 2.92.